The Balaban J connectivity index is 1.55. The number of aliphatic hydroxyl groups excluding tert-OH is 1. The van der Waals surface area contributed by atoms with Crippen LogP contribution in [0.1, 0.15) is 49.7 Å². The average Bonchev–Trinajstić information content (AvgIpc) is 3.33. The van der Waals surface area contributed by atoms with Gasteiger partial charge in [0, 0.05) is 23.6 Å². The summed E-state index contributed by atoms with van der Waals surface area (Å²) in [5.41, 5.74) is 1.38. The predicted molar refractivity (Wildman–Crippen MR) is 100 cm³/mol. The van der Waals surface area contributed by atoms with Gasteiger partial charge in [0.05, 0.1) is 24.9 Å². The van der Waals surface area contributed by atoms with Crippen molar-refractivity contribution in [1.82, 2.24) is 4.90 Å². The van der Waals surface area contributed by atoms with E-state index in [2.05, 4.69) is 11.0 Å². The number of nitrogens with zero attached hydrogens (tertiary/aromatic N) is 1. The van der Waals surface area contributed by atoms with E-state index in [0.29, 0.717) is 17.5 Å². The Bertz CT molecular complexity index is 808. The van der Waals surface area contributed by atoms with E-state index in [-0.39, 0.29) is 17.6 Å². The number of benzene rings is 1. The van der Waals surface area contributed by atoms with Gasteiger partial charge in [-0.05, 0) is 69.0 Å². The van der Waals surface area contributed by atoms with Crippen LogP contribution in [-0.4, -0.2) is 59.2 Å². The van der Waals surface area contributed by atoms with Gasteiger partial charge in [0.15, 0.2) is 11.5 Å². The van der Waals surface area contributed by atoms with Crippen LogP contribution >= 0.6 is 0 Å². The van der Waals surface area contributed by atoms with Crippen LogP contribution in [0.4, 0.5) is 0 Å². The second-order valence-corrected chi connectivity index (χ2v) is 9.65. The first-order valence-electron chi connectivity index (χ1n) is 10.5. The number of likely N-dealkylation sites (tertiary alicyclic amines) is 1. The molecule has 3 heterocycles. The lowest BCUT2D eigenvalue weighted by molar-refractivity contribution is -0.147. The van der Waals surface area contributed by atoms with Crippen LogP contribution in [0.25, 0.3) is 0 Å². The summed E-state index contributed by atoms with van der Waals surface area (Å²) >= 11 is 0. The fraction of sp³-hybridized carbons (Fsp3) is 0.727. The number of rotatable bonds is 4. The summed E-state index contributed by atoms with van der Waals surface area (Å²) in [5, 5.41) is 21.4. The molecule has 3 aliphatic heterocycles. The highest BCUT2D eigenvalue weighted by molar-refractivity contribution is 5.59. The second kappa shape index (κ2) is 5.19. The number of phenols is 1. The largest absolute Gasteiger partial charge is 0.504 e. The second-order valence-electron chi connectivity index (χ2n) is 9.65. The summed E-state index contributed by atoms with van der Waals surface area (Å²) in [6.07, 6.45) is 7.36. The molecule has 1 unspecified atom stereocenters. The summed E-state index contributed by atoms with van der Waals surface area (Å²) in [7, 11) is 1.62. The van der Waals surface area contributed by atoms with Gasteiger partial charge >= 0.3 is 0 Å². The normalized spacial score (nSPS) is 42.1. The number of phenolic OH excluding ortho intramolecular Hbond substituents is 1. The molecule has 4 fully saturated rings. The minimum absolute atomic E-state index is 0.0753. The highest BCUT2D eigenvalue weighted by Crippen LogP contribution is 2.70. The van der Waals surface area contributed by atoms with E-state index in [1.54, 1.807) is 7.11 Å². The number of aliphatic hydroxyl groups is 1. The first-order valence-corrected chi connectivity index (χ1v) is 10.5. The van der Waals surface area contributed by atoms with Gasteiger partial charge in [-0.2, -0.15) is 0 Å². The number of fused-ring (bicyclic) bond motifs is 2. The number of hydrogen-bond acceptors (Lipinski definition) is 5. The standard InChI is InChI=1S/C22H29NO4/c1-26-16-5-4-15-10-17-22-7-6-20(13-24,27-22)12-21(22,18(15)19(16)25)8-9-23(17)11-14-2-3-14/h4-5,14,17,24-25H,2-3,6-13H2,1H3/t17-,20?,21-,22-/m1/s1. The molecule has 5 heteroatoms. The lowest BCUT2D eigenvalue weighted by Gasteiger charge is -2.60. The van der Waals surface area contributed by atoms with Crippen LogP contribution in [0.2, 0.25) is 0 Å². The smallest absolute Gasteiger partial charge is 0.161 e. The maximum Gasteiger partial charge on any atom is 0.161 e. The molecular weight excluding hydrogens is 342 g/mol. The van der Waals surface area contributed by atoms with Crippen molar-refractivity contribution < 1.29 is 19.7 Å². The minimum atomic E-state index is -0.440. The zero-order valence-electron chi connectivity index (χ0n) is 16.0. The van der Waals surface area contributed by atoms with Gasteiger partial charge in [0.1, 0.15) is 0 Å². The fourth-order valence-corrected chi connectivity index (χ4v) is 7.13. The van der Waals surface area contributed by atoms with Crippen molar-refractivity contribution in [3.63, 3.8) is 0 Å². The molecule has 3 saturated heterocycles. The first kappa shape index (κ1) is 16.6. The quantitative estimate of drug-likeness (QED) is 0.851. The minimum Gasteiger partial charge on any atom is -0.504 e. The molecular formula is C22H29NO4. The Hall–Kier alpha value is -1.30. The van der Waals surface area contributed by atoms with Gasteiger partial charge < -0.3 is 19.7 Å². The molecule has 0 aromatic heterocycles. The fourth-order valence-electron chi connectivity index (χ4n) is 7.13. The number of methoxy groups -OCH3 is 1. The molecule has 0 amide bonds. The Morgan fingerprint density at radius 1 is 1.26 bits per heavy atom. The summed E-state index contributed by atoms with van der Waals surface area (Å²) in [6, 6.07) is 4.40. The third-order valence-corrected chi connectivity index (χ3v) is 8.41. The summed E-state index contributed by atoms with van der Waals surface area (Å²) in [5.74, 6) is 1.70. The van der Waals surface area contributed by atoms with Crippen LogP contribution < -0.4 is 4.74 Å². The molecule has 1 saturated carbocycles. The zero-order valence-corrected chi connectivity index (χ0v) is 16.0. The molecule has 2 N–H and O–H groups in total. The molecule has 0 radical (unpaired) electrons. The molecule has 4 atom stereocenters. The zero-order chi connectivity index (χ0) is 18.4. The number of ether oxygens (including phenoxy) is 2. The van der Waals surface area contributed by atoms with E-state index < -0.39 is 5.60 Å². The van der Waals surface area contributed by atoms with Gasteiger partial charge in [0.2, 0.25) is 0 Å². The van der Waals surface area contributed by atoms with E-state index in [0.717, 1.165) is 50.1 Å². The van der Waals surface area contributed by atoms with Crippen molar-refractivity contribution in [2.24, 2.45) is 5.92 Å². The Labute approximate surface area is 160 Å². The predicted octanol–water partition coefficient (Wildman–Crippen LogP) is 2.36. The highest BCUT2D eigenvalue weighted by Gasteiger charge is 2.76. The van der Waals surface area contributed by atoms with Crippen molar-refractivity contribution in [3.8, 4) is 11.5 Å². The van der Waals surface area contributed by atoms with E-state index in [1.807, 2.05) is 6.07 Å². The van der Waals surface area contributed by atoms with E-state index in [4.69, 9.17) is 9.47 Å². The third-order valence-electron chi connectivity index (χ3n) is 8.41. The molecule has 5 aliphatic rings. The highest BCUT2D eigenvalue weighted by atomic mass is 16.6. The number of hydrogen-bond donors (Lipinski definition) is 2. The lowest BCUT2D eigenvalue weighted by atomic mass is 9.50. The van der Waals surface area contributed by atoms with E-state index >= 15 is 0 Å². The molecule has 6 rings (SSSR count). The van der Waals surface area contributed by atoms with Gasteiger partial charge in [-0.1, -0.05) is 6.07 Å². The van der Waals surface area contributed by atoms with Crippen molar-refractivity contribution in [2.45, 2.75) is 67.6 Å². The molecule has 146 valence electrons. The van der Waals surface area contributed by atoms with Crippen LogP contribution in [0.3, 0.4) is 0 Å². The molecule has 1 spiro atoms. The van der Waals surface area contributed by atoms with Gasteiger partial charge in [-0.15, -0.1) is 0 Å². The topological polar surface area (TPSA) is 62.2 Å². The van der Waals surface area contributed by atoms with Crippen LogP contribution in [0.15, 0.2) is 12.1 Å². The van der Waals surface area contributed by atoms with E-state index in [9.17, 15) is 10.2 Å². The Morgan fingerprint density at radius 2 is 2.11 bits per heavy atom. The molecule has 27 heavy (non-hydrogen) atoms. The number of piperidine rings is 1. The van der Waals surface area contributed by atoms with Crippen LogP contribution in [0.5, 0.6) is 11.5 Å². The molecule has 1 aromatic carbocycles. The van der Waals surface area contributed by atoms with Crippen molar-refractivity contribution in [2.75, 3.05) is 26.8 Å². The van der Waals surface area contributed by atoms with Gasteiger partial charge in [-0.3, -0.25) is 4.90 Å². The van der Waals surface area contributed by atoms with Gasteiger partial charge in [-0.25, -0.2) is 0 Å². The van der Waals surface area contributed by atoms with Crippen molar-refractivity contribution in [3.05, 3.63) is 23.3 Å². The Morgan fingerprint density at radius 3 is 2.85 bits per heavy atom. The molecule has 2 aliphatic carbocycles. The summed E-state index contributed by atoms with van der Waals surface area (Å²) in [4.78, 5) is 2.68. The third kappa shape index (κ3) is 1.91. The monoisotopic (exact) mass is 371 g/mol. The summed E-state index contributed by atoms with van der Waals surface area (Å²) < 4.78 is 12.3. The summed E-state index contributed by atoms with van der Waals surface area (Å²) in [6.45, 7) is 2.31. The maximum atomic E-state index is 11.1. The average molecular weight is 371 g/mol. The lowest BCUT2D eigenvalue weighted by Crippen LogP contribution is -2.69. The molecule has 5 nitrogen and oxygen atoms in total. The van der Waals surface area contributed by atoms with Gasteiger partial charge in [0.25, 0.3) is 0 Å². The van der Waals surface area contributed by atoms with Crippen molar-refractivity contribution in [1.29, 1.82) is 0 Å². The number of aromatic hydroxyl groups is 1. The van der Waals surface area contributed by atoms with Crippen molar-refractivity contribution >= 4 is 0 Å². The SMILES string of the molecule is COc1ccc2c(c1O)[C@]13CCN(CC4CC4)[C@H](C2)[C@]12CCC(CO)(C3)O2. The first-order chi connectivity index (χ1) is 13.1. The van der Waals surface area contributed by atoms with Crippen LogP contribution in [-0.2, 0) is 16.6 Å². The van der Waals surface area contributed by atoms with Crippen LogP contribution in [0, 0.1) is 5.92 Å². The van der Waals surface area contributed by atoms with E-state index in [1.165, 1.54) is 24.9 Å². The molecule has 4 bridgehead atoms. The molecule has 1 aromatic rings. The Kier molecular flexibility index (Phi) is 3.20. The maximum absolute atomic E-state index is 11.1.